The predicted octanol–water partition coefficient (Wildman–Crippen LogP) is -0.0287. The van der Waals surface area contributed by atoms with Crippen molar-refractivity contribution in [1.29, 1.82) is 0 Å². The third-order valence-electron chi connectivity index (χ3n) is 1.95. The Morgan fingerprint density at radius 2 is 1.57 bits per heavy atom. The lowest BCUT2D eigenvalue weighted by Crippen LogP contribution is -2.38. The van der Waals surface area contributed by atoms with Crippen LogP contribution < -0.4 is 16.0 Å². The molecule has 0 fully saturated rings. The molecule has 1 aromatic rings. The largest absolute Gasteiger partial charge is 0.453 e. The van der Waals surface area contributed by atoms with Gasteiger partial charge in [-0.25, -0.2) is 14.4 Å². The molecule has 3 amide bonds. The first kappa shape index (κ1) is 15.9. The third-order valence-corrected chi connectivity index (χ3v) is 1.95. The minimum absolute atomic E-state index is 0.331. The van der Waals surface area contributed by atoms with Crippen molar-refractivity contribution in [3.05, 3.63) is 0 Å². The van der Waals surface area contributed by atoms with E-state index in [4.69, 9.17) is 5.73 Å². The number of carbonyl (C=O) groups is 3. The first-order chi connectivity index (χ1) is 9.92. The molecule has 0 saturated heterocycles. The van der Waals surface area contributed by atoms with Gasteiger partial charge in [0.05, 0.1) is 21.3 Å². The second-order valence-corrected chi connectivity index (χ2v) is 3.21. The molecule has 1 heterocycles. The van der Waals surface area contributed by atoms with Crippen molar-refractivity contribution in [3.8, 4) is 0 Å². The van der Waals surface area contributed by atoms with Crippen LogP contribution in [0.5, 0.6) is 0 Å². The number of carbonyl (C=O) groups excluding carboxylic acids is 3. The van der Waals surface area contributed by atoms with Gasteiger partial charge in [-0.3, -0.25) is 5.32 Å². The number of imide groups is 1. The van der Waals surface area contributed by atoms with Crippen LogP contribution in [0.4, 0.5) is 32.2 Å². The number of hydrogen-bond acceptors (Lipinski definition) is 10. The second-order valence-electron chi connectivity index (χ2n) is 3.21. The zero-order valence-corrected chi connectivity index (χ0v) is 11.3. The number of nitrogens with one attached hydrogen (secondary N) is 1. The standard InChI is InChI=1S/C9H12N6O6/c1-19-7(16)14-5-11-4(10)12-6(13-5)15(8(17)20-2)9(18)21-3/h1-3H3,(H3,10,11,12,13,14,16). The van der Waals surface area contributed by atoms with Crippen molar-refractivity contribution in [3.63, 3.8) is 0 Å². The molecule has 0 radical (unpaired) electrons. The number of aromatic nitrogens is 3. The van der Waals surface area contributed by atoms with Gasteiger partial charge in [-0.05, 0) is 0 Å². The van der Waals surface area contributed by atoms with Crippen LogP contribution in [0.3, 0.4) is 0 Å². The van der Waals surface area contributed by atoms with Gasteiger partial charge in [0.1, 0.15) is 0 Å². The Morgan fingerprint density at radius 1 is 1.00 bits per heavy atom. The molecule has 1 aromatic heterocycles. The van der Waals surface area contributed by atoms with Gasteiger partial charge in [0.25, 0.3) is 5.95 Å². The molecule has 0 atom stereocenters. The Balaban J connectivity index is 3.22. The lowest BCUT2D eigenvalue weighted by atomic mass is 10.7. The van der Waals surface area contributed by atoms with Crippen molar-refractivity contribution in [1.82, 2.24) is 15.0 Å². The summed E-state index contributed by atoms with van der Waals surface area (Å²) in [5, 5.41) is 2.11. The van der Waals surface area contributed by atoms with E-state index in [0.29, 0.717) is 4.90 Å². The molecule has 0 unspecified atom stereocenters. The van der Waals surface area contributed by atoms with Gasteiger partial charge >= 0.3 is 18.3 Å². The van der Waals surface area contributed by atoms with Crippen LogP contribution in [0, 0.1) is 0 Å². The van der Waals surface area contributed by atoms with Crippen LogP contribution in [0.15, 0.2) is 0 Å². The summed E-state index contributed by atoms with van der Waals surface area (Å²) in [7, 11) is 3.20. The van der Waals surface area contributed by atoms with Gasteiger partial charge in [0.15, 0.2) is 0 Å². The van der Waals surface area contributed by atoms with Gasteiger partial charge in [0.2, 0.25) is 11.9 Å². The van der Waals surface area contributed by atoms with E-state index in [1.807, 2.05) is 0 Å². The number of methoxy groups -OCH3 is 3. The van der Waals surface area contributed by atoms with Gasteiger partial charge in [-0.15, -0.1) is 4.90 Å². The first-order valence-electron chi connectivity index (χ1n) is 5.25. The number of amides is 3. The second kappa shape index (κ2) is 6.83. The molecule has 0 saturated carbocycles. The fraction of sp³-hybridized carbons (Fsp3) is 0.333. The van der Waals surface area contributed by atoms with Crippen LogP contribution in [-0.4, -0.2) is 54.6 Å². The zero-order chi connectivity index (χ0) is 16.0. The fourth-order valence-electron chi connectivity index (χ4n) is 1.10. The van der Waals surface area contributed by atoms with Crippen LogP contribution in [0.1, 0.15) is 0 Å². The molecule has 0 aliphatic rings. The third kappa shape index (κ3) is 3.89. The molecule has 12 nitrogen and oxygen atoms in total. The van der Waals surface area contributed by atoms with E-state index >= 15 is 0 Å². The van der Waals surface area contributed by atoms with E-state index in [9.17, 15) is 14.4 Å². The van der Waals surface area contributed by atoms with Gasteiger partial charge in [0, 0.05) is 0 Å². The Kier molecular flexibility index (Phi) is 5.17. The lowest BCUT2D eigenvalue weighted by molar-refractivity contribution is 0.159. The van der Waals surface area contributed by atoms with Crippen LogP contribution in [0.2, 0.25) is 0 Å². The predicted molar refractivity (Wildman–Crippen MR) is 67.6 cm³/mol. The minimum Gasteiger partial charge on any atom is -0.453 e. The maximum Gasteiger partial charge on any atom is 0.426 e. The molecule has 0 aromatic carbocycles. The number of hydrogen-bond donors (Lipinski definition) is 2. The molecule has 114 valence electrons. The molecule has 0 aliphatic heterocycles. The normalized spacial score (nSPS) is 9.48. The summed E-state index contributed by atoms with van der Waals surface area (Å²) in [6, 6.07) is 0. The molecule has 3 N–H and O–H groups in total. The maximum absolute atomic E-state index is 11.6. The van der Waals surface area contributed by atoms with E-state index in [-0.39, 0.29) is 11.9 Å². The van der Waals surface area contributed by atoms with Gasteiger partial charge in [-0.1, -0.05) is 0 Å². The number of ether oxygens (including phenoxy) is 3. The van der Waals surface area contributed by atoms with Crippen molar-refractivity contribution in [2.75, 3.05) is 37.3 Å². The van der Waals surface area contributed by atoms with Crippen molar-refractivity contribution >= 4 is 36.1 Å². The highest BCUT2D eigenvalue weighted by Crippen LogP contribution is 2.14. The summed E-state index contributed by atoms with van der Waals surface area (Å²) in [6.45, 7) is 0. The molecule has 21 heavy (non-hydrogen) atoms. The highest BCUT2D eigenvalue weighted by atomic mass is 16.6. The lowest BCUT2D eigenvalue weighted by Gasteiger charge is -2.16. The average molecular weight is 300 g/mol. The Morgan fingerprint density at radius 3 is 2.05 bits per heavy atom. The van der Waals surface area contributed by atoms with E-state index in [2.05, 4.69) is 34.5 Å². The summed E-state index contributed by atoms with van der Waals surface area (Å²) in [6.07, 6.45) is -3.11. The smallest absolute Gasteiger partial charge is 0.426 e. The van der Waals surface area contributed by atoms with Crippen molar-refractivity contribution in [2.24, 2.45) is 0 Å². The molecule has 0 spiro atoms. The summed E-state index contributed by atoms with van der Waals surface area (Å²) < 4.78 is 13.2. The van der Waals surface area contributed by atoms with Crippen LogP contribution in [0.25, 0.3) is 0 Å². The van der Waals surface area contributed by atoms with E-state index < -0.39 is 24.2 Å². The number of nitrogens with zero attached hydrogens (tertiary/aromatic N) is 4. The highest BCUT2D eigenvalue weighted by Gasteiger charge is 2.29. The Labute approximate surface area is 118 Å². The summed E-state index contributed by atoms with van der Waals surface area (Å²) >= 11 is 0. The van der Waals surface area contributed by atoms with Gasteiger partial charge in [-0.2, -0.15) is 15.0 Å². The van der Waals surface area contributed by atoms with E-state index in [1.54, 1.807) is 0 Å². The van der Waals surface area contributed by atoms with E-state index in [1.165, 1.54) is 0 Å². The monoisotopic (exact) mass is 300 g/mol. The number of nitrogen functional groups attached to an aromatic ring is 1. The molecular weight excluding hydrogens is 288 g/mol. The Bertz CT molecular complexity index is 548. The van der Waals surface area contributed by atoms with Crippen LogP contribution >= 0.6 is 0 Å². The first-order valence-corrected chi connectivity index (χ1v) is 5.25. The molecule has 1 rings (SSSR count). The zero-order valence-electron chi connectivity index (χ0n) is 11.3. The average Bonchev–Trinajstić information content (AvgIpc) is 2.46. The maximum atomic E-state index is 11.6. The quantitative estimate of drug-likeness (QED) is 0.710. The summed E-state index contributed by atoms with van der Waals surface area (Å²) in [4.78, 5) is 45.4. The number of nitrogens with two attached hydrogens (primary N) is 1. The number of rotatable bonds is 2. The highest BCUT2D eigenvalue weighted by molar-refractivity contribution is 6.07. The van der Waals surface area contributed by atoms with Gasteiger partial charge < -0.3 is 19.9 Å². The van der Waals surface area contributed by atoms with E-state index in [0.717, 1.165) is 21.3 Å². The SMILES string of the molecule is COC(=O)Nc1nc(N)nc(N(C(=O)OC)C(=O)OC)n1. The molecule has 0 bridgehead atoms. The molecule has 12 heteroatoms. The fourth-order valence-corrected chi connectivity index (χ4v) is 1.10. The topological polar surface area (TPSA) is 159 Å². The molecule has 0 aliphatic carbocycles. The summed E-state index contributed by atoms with van der Waals surface area (Å²) in [5.74, 6) is -1.18. The van der Waals surface area contributed by atoms with Crippen molar-refractivity contribution in [2.45, 2.75) is 0 Å². The molecular formula is C9H12N6O6. The van der Waals surface area contributed by atoms with Crippen LogP contribution in [-0.2, 0) is 14.2 Å². The Hall–Kier alpha value is -3.18. The van der Waals surface area contributed by atoms with Crippen molar-refractivity contribution < 1.29 is 28.6 Å². The number of anilines is 3. The minimum atomic E-state index is -1.11. The summed E-state index contributed by atoms with van der Waals surface area (Å²) in [5.41, 5.74) is 5.41.